The summed E-state index contributed by atoms with van der Waals surface area (Å²) in [5.41, 5.74) is 0.693. The number of Topliss-reactive ketones (excluding diaryl/α,β-unsaturated/α-hetero) is 1. The van der Waals surface area contributed by atoms with Gasteiger partial charge in [-0.05, 0) is 31.2 Å². The number of aromatic nitrogens is 1. The Labute approximate surface area is 103 Å². The fourth-order valence-corrected chi connectivity index (χ4v) is 1.65. The summed E-state index contributed by atoms with van der Waals surface area (Å²) < 4.78 is 26.8. The molecular formula is C14H11F2NO. The van der Waals surface area contributed by atoms with Gasteiger partial charge in [-0.3, -0.25) is 9.78 Å². The first-order valence-electron chi connectivity index (χ1n) is 5.47. The van der Waals surface area contributed by atoms with E-state index in [1.807, 2.05) is 0 Å². The summed E-state index contributed by atoms with van der Waals surface area (Å²) in [5.74, 6) is -1.82. The molecular weight excluding hydrogens is 236 g/mol. The predicted molar refractivity (Wildman–Crippen MR) is 63.4 cm³/mol. The van der Waals surface area contributed by atoms with Gasteiger partial charge in [0.2, 0.25) is 0 Å². The molecule has 0 bridgehead atoms. The van der Waals surface area contributed by atoms with Gasteiger partial charge < -0.3 is 0 Å². The molecule has 4 heteroatoms. The molecule has 2 aromatic rings. The fraction of sp³-hybridized carbons (Fsp3) is 0.143. The largest absolute Gasteiger partial charge is 0.292 e. The van der Waals surface area contributed by atoms with Crippen molar-refractivity contribution in [3.8, 4) is 0 Å². The molecule has 1 heterocycles. The van der Waals surface area contributed by atoms with Gasteiger partial charge in [-0.15, -0.1) is 0 Å². The van der Waals surface area contributed by atoms with Crippen LogP contribution in [-0.4, -0.2) is 10.8 Å². The van der Waals surface area contributed by atoms with E-state index >= 15 is 0 Å². The Bertz CT molecular complexity index is 576. The number of carbonyl (C=O) groups excluding carboxylic acids is 1. The molecule has 0 N–H and O–H groups in total. The minimum atomic E-state index is -0.712. The van der Waals surface area contributed by atoms with E-state index in [1.54, 1.807) is 19.1 Å². The predicted octanol–water partition coefficient (Wildman–Crippen LogP) is 3.09. The van der Waals surface area contributed by atoms with Gasteiger partial charge in [0, 0.05) is 17.7 Å². The highest BCUT2D eigenvalue weighted by Crippen LogP contribution is 2.14. The van der Waals surface area contributed by atoms with Crippen molar-refractivity contribution in [2.45, 2.75) is 13.3 Å². The number of nitrogens with zero attached hydrogens (tertiary/aromatic N) is 1. The maximum absolute atomic E-state index is 13.4. The van der Waals surface area contributed by atoms with Crippen molar-refractivity contribution in [1.82, 2.24) is 4.98 Å². The van der Waals surface area contributed by atoms with E-state index in [4.69, 9.17) is 0 Å². The van der Waals surface area contributed by atoms with Crippen LogP contribution in [0.15, 0.2) is 36.4 Å². The van der Waals surface area contributed by atoms with Crippen molar-refractivity contribution in [2.24, 2.45) is 0 Å². The van der Waals surface area contributed by atoms with Crippen LogP contribution in [0.5, 0.6) is 0 Å². The van der Waals surface area contributed by atoms with Gasteiger partial charge >= 0.3 is 0 Å². The lowest BCUT2D eigenvalue weighted by Crippen LogP contribution is -2.09. The van der Waals surface area contributed by atoms with Crippen molar-refractivity contribution in [1.29, 1.82) is 0 Å². The smallest absolute Gasteiger partial charge is 0.185 e. The minimum Gasteiger partial charge on any atom is -0.292 e. The van der Waals surface area contributed by atoms with Crippen LogP contribution in [0.1, 0.15) is 21.7 Å². The van der Waals surface area contributed by atoms with E-state index in [1.165, 1.54) is 12.1 Å². The van der Waals surface area contributed by atoms with Gasteiger partial charge in [-0.1, -0.05) is 12.1 Å². The Morgan fingerprint density at radius 3 is 2.33 bits per heavy atom. The number of hydrogen-bond acceptors (Lipinski definition) is 2. The summed E-state index contributed by atoms with van der Waals surface area (Å²) >= 11 is 0. The summed E-state index contributed by atoms with van der Waals surface area (Å²) in [7, 11) is 0. The molecule has 2 nitrogen and oxygen atoms in total. The second-order valence-electron chi connectivity index (χ2n) is 3.96. The van der Waals surface area contributed by atoms with Crippen LogP contribution in [0.2, 0.25) is 0 Å². The topological polar surface area (TPSA) is 30.0 Å². The summed E-state index contributed by atoms with van der Waals surface area (Å²) in [5, 5.41) is 0. The van der Waals surface area contributed by atoms with E-state index in [0.29, 0.717) is 5.69 Å². The third-order valence-corrected chi connectivity index (χ3v) is 2.57. The average molecular weight is 247 g/mol. The maximum Gasteiger partial charge on any atom is 0.185 e. The van der Waals surface area contributed by atoms with Gasteiger partial charge in [-0.2, -0.15) is 0 Å². The highest BCUT2D eigenvalue weighted by molar-refractivity contribution is 5.95. The molecule has 2 rings (SSSR count). The number of halogens is 2. The Balaban J connectivity index is 2.27. The van der Waals surface area contributed by atoms with Crippen LogP contribution in [-0.2, 0) is 6.42 Å². The quantitative estimate of drug-likeness (QED) is 0.780. The highest BCUT2D eigenvalue weighted by atomic mass is 19.1. The molecule has 0 saturated carbocycles. The minimum absolute atomic E-state index is 0.217. The van der Waals surface area contributed by atoms with Crippen molar-refractivity contribution >= 4 is 5.78 Å². The molecule has 1 aromatic carbocycles. The van der Waals surface area contributed by atoms with E-state index < -0.39 is 17.4 Å². The third-order valence-electron chi connectivity index (χ3n) is 2.57. The number of ketones is 1. The second kappa shape index (κ2) is 5.04. The normalized spacial score (nSPS) is 10.4. The second-order valence-corrected chi connectivity index (χ2v) is 3.96. The van der Waals surface area contributed by atoms with E-state index in [9.17, 15) is 13.6 Å². The first-order valence-corrected chi connectivity index (χ1v) is 5.47. The molecule has 1 aromatic heterocycles. The first-order chi connectivity index (χ1) is 8.58. The van der Waals surface area contributed by atoms with Crippen molar-refractivity contribution in [3.63, 3.8) is 0 Å². The van der Waals surface area contributed by atoms with Crippen LogP contribution in [0.25, 0.3) is 0 Å². The van der Waals surface area contributed by atoms with Crippen molar-refractivity contribution < 1.29 is 13.6 Å². The standard InChI is InChI=1S/C14H11F2NO/c1-9-4-2-7-13(17-9)14(18)8-10-11(15)5-3-6-12(10)16/h2-7H,8H2,1H3. The van der Waals surface area contributed by atoms with Crippen LogP contribution < -0.4 is 0 Å². The summed E-state index contributed by atoms with van der Waals surface area (Å²) in [6.45, 7) is 1.75. The van der Waals surface area contributed by atoms with E-state index in [-0.39, 0.29) is 17.7 Å². The van der Waals surface area contributed by atoms with Gasteiger partial charge in [0.15, 0.2) is 5.78 Å². The average Bonchev–Trinajstić information content (AvgIpc) is 2.34. The number of rotatable bonds is 3. The summed E-state index contributed by atoms with van der Waals surface area (Å²) in [6.07, 6.45) is -0.324. The summed E-state index contributed by atoms with van der Waals surface area (Å²) in [6, 6.07) is 8.51. The molecule has 92 valence electrons. The van der Waals surface area contributed by atoms with Crippen LogP contribution in [0, 0.1) is 18.6 Å². The molecule has 0 aliphatic rings. The zero-order valence-corrected chi connectivity index (χ0v) is 9.78. The molecule has 0 aliphatic carbocycles. The molecule has 0 fully saturated rings. The van der Waals surface area contributed by atoms with Gasteiger partial charge in [0.25, 0.3) is 0 Å². The van der Waals surface area contributed by atoms with Gasteiger partial charge in [0.1, 0.15) is 17.3 Å². The number of hydrogen-bond donors (Lipinski definition) is 0. The fourth-order valence-electron chi connectivity index (χ4n) is 1.65. The highest BCUT2D eigenvalue weighted by Gasteiger charge is 2.15. The molecule has 0 radical (unpaired) electrons. The Morgan fingerprint density at radius 1 is 1.11 bits per heavy atom. The molecule has 0 atom stereocenters. The number of pyridine rings is 1. The Morgan fingerprint density at radius 2 is 1.72 bits per heavy atom. The molecule has 0 saturated heterocycles. The zero-order valence-electron chi connectivity index (χ0n) is 9.78. The molecule has 0 aliphatic heterocycles. The first kappa shape index (κ1) is 12.4. The van der Waals surface area contributed by atoms with Gasteiger partial charge in [-0.25, -0.2) is 8.78 Å². The SMILES string of the molecule is Cc1cccc(C(=O)Cc2c(F)cccc2F)n1. The Kier molecular flexibility index (Phi) is 3.46. The van der Waals surface area contributed by atoms with Crippen molar-refractivity contribution in [2.75, 3.05) is 0 Å². The maximum atomic E-state index is 13.4. The molecule has 0 spiro atoms. The van der Waals surface area contributed by atoms with Crippen LogP contribution in [0.3, 0.4) is 0 Å². The molecule has 18 heavy (non-hydrogen) atoms. The van der Waals surface area contributed by atoms with Crippen molar-refractivity contribution in [3.05, 3.63) is 65.0 Å². The monoisotopic (exact) mass is 247 g/mol. The number of aryl methyl sites for hydroxylation is 1. The lowest BCUT2D eigenvalue weighted by Gasteiger charge is -2.04. The third kappa shape index (κ3) is 2.59. The van der Waals surface area contributed by atoms with Crippen LogP contribution >= 0.6 is 0 Å². The van der Waals surface area contributed by atoms with Crippen LogP contribution in [0.4, 0.5) is 8.78 Å². The summed E-state index contributed by atoms with van der Waals surface area (Å²) in [4.78, 5) is 15.9. The zero-order chi connectivity index (χ0) is 13.1. The molecule has 0 unspecified atom stereocenters. The lowest BCUT2D eigenvalue weighted by atomic mass is 10.1. The lowest BCUT2D eigenvalue weighted by molar-refractivity contribution is 0.0985. The Hall–Kier alpha value is -2.10. The van der Waals surface area contributed by atoms with E-state index in [2.05, 4.69) is 4.98 Å². The molecule has 0 amide bonds. The number of benzene rings is 1. The van der Waals surface area contributed by atoms with E-state index in [0.717, 1.165) is 12.1 Å². The number of carbonyl (C=O) groups is 1. The van der Waals surface area contributed by atoms with Gasteiger partial charge in [0.05, 0.1) is 0 Å².